The molecule has 2 N–H and O–H groups in total. The molecule has 0 aliphatic rings. The highest BCUT2D eigenvalue weighted by atomic mass is 16.5. The molecule has 7 heteroatoms. The van der Waals surface area contributed by atoms with Crippen LogP contribution in [0, 0.1) is 11.3 Å². The molecular formula is C18H16N6O. The molecule has 0 saturated carbocycles. The average molecular weight is 332 g/mol. The first-order valence-corrected chi connectivity index (χ1v) is 7.73. The van der Waals surface area contributed by atoms with Gasteiger partial charge in [-0.3, -0.25) is 0 Å². The Balaban J connectivity index is 1.69. The molecule has 0 saturated heterocycles. The molecule has 0 unspecified atom stereocenters. The zero-order valence-electron chi connectivity index (χ0n) is 13.6. The van der Waals surface area contributed by atoms with Crippen molar-refractivity contribution < 1.29 is 4.74 Å². The quantitative estimate of drug-likeness (QED) is 0.711. The van der Waals surface area contributed by atoms with Gasteiger partial charge in [-0.05, 0) is 55.5 Å². The SMILES string of the molecule is CCOc1ccc(Nc2nncc(Nc3ccc(C#N)cc3)n2)cc1. The molecule has 0 spiro atoms. The minimum absolute atomic E-state index is 0.378. The predicted molar refractivity (Wildman–Crippen MR) is 95.2 cm³/mol. The number of nitrogens with zero attached hydrogens (tertiary/aromatic N) is 4. The summed E-state index contributed by atoms with van der Waals surface area (Å²) in [6.45, 7) is 2.57. The summed E-state index contributed by atoms with van der Waals surface area (Å²) in [5.74, 6) is 1.74. The van der Waals surface area contributed by atoms with Crippen molar-refractivity contribution in [2.75, 3.05) is 17.2 Å². The van der Waals surface area contributed by atoms with Gasteiger partial charge in [0.15, 0.2) is 5.82 Å². The topological polar surface area (TPSA) is 95.8 Å². The van der Waals surface area contributed by atoms with E-state index in [2.05, 4.69) is 31.9 Å². The molecule has 2 aromatic carbocycles. The smallest absolute Gasteiger partial charge is 0.249 e. The van der Waals surface area contributed by atoms with E-state index in [4.69, 9.17) is 10.00 Å². The van der Waals surface area contributed by atoms with E-state index in [0.29, 0.717) is 23.9 Å². The number of hydrogen-bond donors (Lipinski definition) is 2. The number of aromatic nitrogens is 3. The zero-order valence-corrected chi connectivity index (χ0v) is 13.6. The van der Waals surface area contributed by atoms with E-state index >= 15 is 0 Å². The van der Waals surface area contributed by atoms with Gasteiger partial charge in [0, 0.05) is 11.4 Å². The monoisotopic (exact) mass is 332 g/mol. The fraction of sp³-hybridized carbons (Fsp3) is 0.111. The summed E-state index contributed by atoms with van der Waals surface area (Å²) in [5.41, 5.74) is 2.25. The van der Waals surface area contributed by atoms with Crippen LogP contribution in [0.1, 0.15) is 12.5 Å². The minimum atomic E-state index is 0.378. The fourth-order valence-electron chi connectivity index (χ4n) is 2.12. The van der Waals surface area contributed by atoms with Crippen molar-refractivity contribution in [1.29, 1.82) is 5.26 Å². The van der Waals surface area contributed by atoms with Gasteiger partial charge in [0.2, 0.25) is 5.95 Å². The summed E-state index contributed by atoms with van der Waals surface area (Å²) in [7, 11) is 0. The standard InChI is InChI=1S/C18H16N6O/c1-2-25-16-9-7-15(8-10-16)22-18-23-17(12-20-24-18)21-14-5-3-13(11-19)4-6-14/h3-10,12H,2H2,1H3,(H2,21,22,23,24). The van der Waals surface area contributed by atoms with E-state index in [0.717, 1.165) is 17.1 Å². The van der Waals surface area contributed by atoms with Crippen LogP contribution in [0.4, 0.5) is 23.1 Å². The van der Waals surface area contributed by atoms with Crippen molar-refractivity contribution in [2.24, 2.45) is 0 Å². The molecule has 25 heavy (non-hydrogen) atoms. The maximum Gasteiger partial charge on any atom is 0.249 e. The number of hydrogen-bond acceptors (Lipinski definition) is 7. The lowest BCUT2D eigenvalue weighted by atomic mass is 10.2. The lowest BCUT2D eigenvalue weighted by Gasteiger charge is -2.08. The Hall–Kier alpha value is -3.66. The van der Waals surface area contributed by atoms with Crippen LogP contribution in [0.5, 0.6) is 5.75 Å². The molecule has 3 aromatic rings. The van der Waals surface area contributed by atoms with Crippen LogP contribution in [-0.4, -0.2) is 21.8 Å². The molecule has 1 heterocycles. The van der Waals surface area contributed by atoms with Crippen molar-refractivity contribution in [1.82, 2.24) is 15.2 Å². The van der Waals surface area contributed by atoms with Crippen molar-refractivity contribution in [3.63, 3.8) is 0 Å². The number of nitrogens with one attached hydrogen (secondary N) is 2. The number of nitriles is 1. The van der Waals surface area contributed by atoms with Gasteiger partial charge in [-0.1, -0.05) is 0 Å². The lowest BCUT2D eigenvalue weighted by molar-refractivity contribution is 0.340. The second-order valence-corrected chi connectivity index (χ2v) is 5.06. The maximum absolute atomic E-state index is 8.82. The van der Waals surface area contributed by atoms with Crippen LogP contribution in [0.15, 0.2) is 54.7 Å². The summed E-state index contributed by atoms with van der Waals surface area (Å²) >= 11 is 0. The third kappa shape index (κ3) is 4.42. The van der Waals surface area contributed by atoms with Crippen molar-refractivity contribution in [3.05, 3.63) is 60.3 Å². The Morgan fingerprint density at radius 1 is 1.00 bits per heavy atom. The normalized spacial score (nSPS) is 9.92. The molecule has 3 rings (SSSR count). The molecule has 0 aliphatic heterocycles. The van der Waals surface area contributed by atoms with Crippen LogP contribution in [-0.2, 0) is 0 Å². The molecule has 0 atom stereocenters. The number of benzene rings is 2. The Morgan fingerprint density at radius 2 is 1.68 bits per heavy atom. The van der Waals surface area contributed by atoms with Gasteiger partial charge in [-0.2, -0.15) is 15.3 Å². The Morgan fingerprint density at radius 3 is 2.36 bits per heavy atom. The summed E-state index contributed by atoms with van der Waals surface area (Å²) in [6.07, 6.45) is 1.53. The van der Waals surface area contributed by atoms with E-state index in [-0.39, 0.29) is 0 Å². The lowest BCUT2D eigenvalue weighted by Crippen LogP contribution is -2.02. The van der Waals surface area contributed by atoms with Crippen LogP contribution in [0.2, 0.25) is 0 Å². The zero-order chi connectivity index (χ0) is 17.5. The van der Waals surface area contributed by atoms with Gasteiger partial charge in [0.25, 0.3) is 0 Å². The maximum atomic E-state index is 8.82. The molecule has 7 nitrogen and oxygen atoms in total. The van der Waals surface area contributed by atoms with E-state index in [1.165, 1.54) is 6.20 Å². The number of rotatable bonds is 6. The van der Waals surface area contributed by atoms with Gasteiger partial charge in [0.1, 0.15) is 5.75 Å². The first-order valence-electron chi connectivity index (χ1n) is 7.73. The number of anilines is 4. The Labute approximate surface area is 145 Å². The van der Waals surface area contributed by atoms with Crippen LogP contribution < -0.4 is 15.4 Å². The molecule has 124 valence electrons. The van der Waals surface area contributed by atoms with Crippen molar-refractivity contribution in [2.45, 2.75) is 6.92 Å². The van der Waals surface area contributed by atoms with Gasteiger partial charge < -0.3 is 15.4 Å². The molecule has 1 aromatic heterocycles. The van der Waals surface area contributed by atoms with E-state index in [1.807, 2.05) is 31.2 Å². The second kappa shape index (κ2) is 7.75. The van der Waals surface area contributed by atoms with Crippen molar-refractivity contribution in [3.8, 4) is 11.8 Å². The molecule has 0 bridgehead atoms. The van der Waals surface area contributed by atoms with E-state index in [9.17, 15) is 0 Å². The Kier molecular flexibility index (Phi) is 5.02. The van der Waals surface area contributed by atoms with Crippen LogP contribution in [0.3, 0.4) is 0 Å². The molecule has 0 radical (unpaired) electrons. The average Bonchev–Trinajstić information content (AvgIpc) is 2.65. The third-order valence-electron chi connectivity index (χ3n) is 3.27. The highest BCUT2D eigenvalue weighted by molar-refractivity contribution is 5.59. The highest BCUT2D eigenvalue weighted by Crippen LogP contribution is 2.19. The summed E-state index contributed by atoms with van der Waals surface area (Å²) < 4.78 is 5.41. The minimum Gasteiger partial charge on any atom is -0.494 e. The summed E-state index contributed by atoms with van der Waals surface area (Å²) in [4.78, 5) is 4.37. The summed E-state index contributed by atoms with van der Waals surface area (Å²) in [5, 5.41) is 23.0. The highest BCUT2D eigenvalue weighted by Gasteiger charge is 2.03. The van der Waals surface area contributed by atoms with Crippen LogP contribution >= 0.6 is 0 Å². The van der Waals surface area contributed by atoms with Gasteiger partial charge >= 0.3 is 0 Å². The first-order chi connectivity index (χ1) is 12.3. The van der Waals surface area contributed by atoms with Gasteiger partial charge in [0.05, 0.1) is 24.4 Å². The molecular weight excluding hydrogens is 316 g/mol. The Bertz CT molecular complexity index is 871. The van der Waals surface area contributed by atoms with Gasteiger partial charge in [-0.15, -0.1) is 5.10 Å². The molecule has 0 aliphatic carbocycles. The second-order valence-electron chi connectivity index (χ2n) is 5.06. The molecule has 0 fully saturated rings. The largest absolute Gasteiger partial charge is 0.494 e. The van der Waals surface area contributed by atoms with Crippen molar-refractivity contribution >= 4 is 23.1 Å². The van der Waals surface area contributed by atoms with Crippen LogP contribution in [0.25, 0.3) is 0 Å². The van der Waals surface area contributed by atoms with E-state index in [1.54, 1.807) is 24.3 Å². The summed E-state index contributed by atoms with van der Waals surface area (Å²) in [6, 6.07) is 16.7. The number of ether oxygens (including phenoxy) is 1. The van der Waals surface area contributed by atoms with Gasteiger partial charge in [-0.25, -0.2) is 0 Å². The van der Waals surface area contributed by atoms with E-state index < -0.39 is 0 Å². The first kappa shape index (κ1) is 16.2. The molecule has 0 amide bonds. The third-order valence-corrected chi connectivity index (χ3v) is 3.27. The fourth-order valence-corrected chi connectivity index (χ4v) is 2.12. The predicted octanol–water partition coefficient (Wildman–Crippen LogP) is 3.63.